The van der Waals surface area contributed by atoms with Gasteiger partial charge < -0.3 is 23.7 Å². The number of imidazole rings is 1. The summed E-state index contributed by atoms with van der Waals surface area (Å²) in [6, 6.07) is 24.8. The van der Waals surface area contributed by atoms with Crippen molar-refractivity contribution in [2.24, 2.45) is 0 Å². The normalized spacial score (nSPS) is 12.8. The third kappa shape index (κ3) is 5.22. The predicted octanol–water partition coefficient (Wildman–Crippen LogP) is 5.88. The van der Waals surface area contributed by atoms with Gasteiger partial charge in [0, 0.05) is 44.3 Å². The van der Waals surface area contributed by atoms with Crippen LogP contribution in [0.2, 0.25) is 0 Å². The molecule has 0 atom stereocenters. The molecule has 3 aromatic carbocycles. The zero-order chi connectivity index (χ0) is 27.5. The molecule has 0 fully saturated rings. The fourth-order valence-corrected chi connectivity index (χ4v) is 5.08. The van der Waals surface area contributed by atoms with Crippen molar-refractivity contribution >= 4 is 16.7 Å². The van der Waals surface area contributed by atoms with Crippen LogP contribution in [-0.4, -0.2) is 48.5 Å². The van der Waals surface area contributed by atoms with Crippen molar-refractivity contribution in [3.05, 3.63) is 102 Å². The number of fused-ring (bicyclic) bond motifs is 2. The lowest BCUT2D eigenvalue weighted by molar-refractivity contribution is 0.187. The Hall–Kier alpha value is -4.43. The van der Waals surface area contributed by atoms with Crippen LogP contribution < -0.4 is 14.4 Å². The minimum absolute atomic E-state index is 0.298. The number of pyridine rings is 1. The third-order valence-corrected chi connectivity index (χ3v) is 7.21. The number of hydrogen-bond acceptors (Lipinski definition) is 6. The highest BCUT2D eigenvalue weighted by Crippen LogP contribution is 2.35. The molecule has 0 unspecified atom stereocenters. The van der Waals surface area contributed by atoms with Crippen molar-refractivity contribution in [3.63, 3.8) is 0 Å². The SMILES string of the molecule is COCCn1c(Cc2ccc(-c3cccc(OCc4cccc5c4OCCN5C)n3)cc2F)nc2ccccc21. The quantitative estimate of drug-likeness (QED) is 0.234. The molecule has 1 aliphatic rings. The first-order valence-corrected chi connectivity index (χ1v) is 13.4. The molecule has 5 aromatic rings. The summed E-state index contributed by atoms with van der Waals surface area (Å²) in [5.41, 5.74) is 5.82. The molecule has 8 heteroatoms. The minimum atomic E-state index is -0.298. The summed E-state index contributed by atoms with van der Waals surface area (Å²) < 4.78 is 34.7. The van der Waals surface area contributed by atoms with E-state index >= 15 is 4.39 Å². The largest absolute Gasteiger partial charge is 0.489 e. The Morgan fingerprint density at radius 2 is 1.82 bits per heavy atom. The van der Waals surface area contributed by atoms with E-state index in [1.807, 2.05) is 66.7 Å². The Labute approximate surface area is 232 Å². The van der Waals surface area contributed by atoms with Gasteiger partial charge in [-0.25, -0.2) is 14.4 Å². The van der Waals surface area contributed by atoms with E-state index in [-0.39, 0.29) is 5.82 Å². The number of hydrogen-bond donors (Lipinski definition) is 0. The van der Waals surface area contributed by atoms with Gasteiger partial charge in [0.1, 0.15) is 30.6 Å². The van der Waals surface area contributed by atoms with Gasteiger partial charge >= 0.3 is 0 Å². The molecule has 0 amide bonds. The fraction of sp³-hybridized carbons (Fsp3) is 0.250. The van der Waals surface area contributed by atoms with Gasteiger partial charge in [0.15, 0.2) is 0 Å². The van der Waals surface area contributed by atoms with E-state index in [2.05, 4.69) is 21.5 Å². The molecule has 0 spiro atoms. The Bertz CT molecular complexity index is 1650. The molecule has 40 heavy (non-hydrogen) atoms. The monoisotopic (exact) mass is 538 g/mol. The predicted molar refractivity (Wildman–Crippen MR) is 154 cm³/mol. The summed E-state index contributed by atoms with van der Waals surface area (Å²) in [7, 11) is 3.73. The van der Waals surface area contributed by atoms with E-state index in [1.165, 1.54) is 6.07 Å². The molecule has 0 bridgehead atoms. The highest BCUT2D eigenvalue weighted by Gasteiger charge is 2.19. The average molecular weight is 539 g/mol. The van der Waals surface area contributed by atoms with Crippen LogP contribution in [0.3, 0.4) is 0 Å². The van der Waals surface area contributed by atoms with Gasteiger partial charge in [0.2, 0.25) is 5.88 Å². The molecule has 3 heterocycles. The zero-order valence-electron chi connectivity index (χ0n) is 22.6. The molecular weight excluding hydrogens is 507 g/mol. The lowest BCUT2D eigenvalue weighted by atomic mass is 10.1. The highest BCUT2D eigenvalue weighted by molar-refractivity contribution is 5.76. The Morgan fingerprint density at radius 3 is 2.70 bits per heavy atom. The van der Waals surface area contributed by atoms with Crippen molar-refractivity contribution < 1.29 is 18.6 Å². The van der Waals surface area contributed by atoms with Crippen molar-refractivity contribution in [1.82, 2.24) is 14.5 Å². The number of likely N-dealkylation sites (N-methyl/N-ethyl adjacent to an activating group) is 1. The Morgan fingerprint density at radius 1 is 0.950 bits per heavy atom. The molecule has 1 aliphatic heterocycles. The van der Waals surface area contributed by atoms with E-state index in [0.29, 0.717) is 55.5 Å². The van der Waals surface area contributed by atoms with Gasteiger partial charge in [0.05, 0.1) is 35.6 Å². The number of ether oxygens (including phenoxy) is 3. The second kappa shape index (κ2) is 11.4. The Kier molecular flexibility index (Phi) is 7.33. The number of halogens is 1. The molecule has 0 N–H and O–H groups in total. The van der Waals surface area contributed by atoms with Crippen molar-refractivity contribution in [2.75, 3.05) is 38.8 Å². The first-order valence-electron chi connectivity index (χ1n) is 13.4. The summed E-state index contributed by atoms with van der Waals surface area (Å²) in [6.07, 6.45) is 0.375. The maximum Gasteiger partial charge on any atom is 0.214 e. The number of aromatic nitrogens is 3. The molecular formula is C32H31FN4O3. The summed E-state index contributed by atoms with van der Waals surface area (Å²) in [5, 5.41) is 0. The molecule has 2 aromatic heterocycles. The smallest absolute Gasteiger partial charge is 0.214 e. The van der Waals surface area contributed by atoms with Crippen LogP contribution in [-0.2, 0) is 24.3 Å². The Balaban J connectivity index is 1.20. The molecule has 0 aliphatic carbocycles. The van der Waals surface area contributed by atoms with E-state index in [9.17, 15) is 0 Å². The van der Waals surface area contributed by atoms with Crippen LogP contribution >= 0.6 is 0 Å². The van der Waals surface area contributed by atoms with Crippen molar-refractivity contribution in [1.29, 1.82) is 0 Å². The van der Waals surface area contributed by atoms with Gasteiger partial charge in [-0.05, 0) is 35.9 Å². The van der Waals surface area contributed by atoms with Gasteiger partial charge in [-0.3, -0.25) is 0 Å². The van der Waals surface area contributed by atoms with E-state index in [1.54, 1.807) is 13.2 Å². The maximum atomic E-state index is 15.4. The first kappa shape index (κ1) is 25.8. The fourth-order valence-electron chi connectivity index (χ4n) is 5.08. The highest BCUT2D eigenvalue weighted by atomic mass is 19.1. The second-order valence-corrected chi connectivity index (χ2v) is 9.83. The van der Waals surface area contributed by atoms with Crippen LogP contribution in [0.5, 0.6) is 11.6 Å². The number of methoxy groups -OCH3 is 1. The van der Waals surface area contributed by atoms with Gasteiger partial charge in [0.25, 0.3) is 0 Å². The summed E-state index contributed by atoms with van der Waals surface area (Å²) in [5.74, 6) is 1.82. The van der Waals surface area contributed by atoms with Gasteiger partial charge in [-0.1, -0.05) is 42.5 Å². The summed E-state index contributed by atoms with van der Waals surface area (Å²) in [4.78, 5) is 11.6. The number of para-hydroxylation sites is 3. The van der Waals surface area contributed by atoms with Crippen molar-refractivity contribution in [3.8, 4) is 22.9 Å². The maximum absolute atomic E-state index is 15.4. The van der Waals surface area contributed by atoms with Crippen LogP contribution in [0.4, 0.5) is 10.1 Å². The summed E-state index contributed by atoms with van der Waals surface area (Å²) in [6.45, 7) is 3.02. The van der Waals surface area contributed by atoms with Crippen LogP contribution in [0.25, 0.3) is 22.3 Å². The van der Waals surface area contributed by atoms with E-state index in [0.717, 1.165) is 40.4 Å². The third-order valence-electron chi connectivity index (χ3n) is 7.21. The minimum Gasteiger partial charge on any atom is -0.489 e. The van der Waals surface area contributed by atoms with Gasteiger partial charge in [-0.2, -0.15) is 0 Å². The second-order valence-electron chi connectivity index (χ2n) is 9.83. The molecule has 204 valence electrons. The lowest BCUT2D eigenvalue weighted by Gasteiger charge is -2.29. The topological polar surface area (TPSA) is 61.6 Å². The number of nitrogens with zero attached hydrogens (tertiary/aromatic N) is 4. The number of benzene rings is 3. The number of rotatable bonds is 9. The molecule has 0 saturated carbocycles. The lowest BCUT2D eigenvalue weighted by Crippen LogP contribution is -2.29. The average Bonchev–Trinajstić information content (AvgIpc) is 3.33. The number of anilines is 1. The van der Waals surface area contributed by atoms with Crippen LogP contribution in [0, 0.1) is 5.82 Å². The van der Waals surface area contributed by atoms with Crippen molar-refractivity contribution in [2.45, 2.75) is 19.6 Å². The molecule has 7 nitrogen and oxygen atoms in total. The van der Waals surface area contributed by atoms with Crippen LogP contribution in [0.15, 0.2) is 78.9 Å². The first-order chi connectivity index (χ1) is 19.6. The van der Waals surface area contributed by atoms with E-state index in [4.69, 9.17) is 19.2 Å². The van der Waals surface area contributed by atoms with Crippen LogP contribution in [0.1, 0.15) is 17.0 Å². The standard InChI is InChI=1S/C32H31FN4O3/c1-36-15-18-39-32-24(7-5-11-29(32)36)21-40-31-12-6-9-26(35-31)23-14-13-22(25(33)19-23)20-30-34-27-8-3-4-10-28(27)37(30)16-17-38-2/h3-14,19H,15-18,20-21H2,1-2H3. The summed E-state index contributed by atoms with van der Waals surface area (Å²) >= 11 is 0. The van der Waals surface area contributed by atoms with E-state index < -0.39 is 0 Å². The molecule has 0 saturated heterocycles. The molecule has 0 radical (unpaired) electrons. The van der Waals surface area contributed by atoms with Gasteiger partial charge in [-0.15, -0.1) is 0 Å². The zero-order valence-corrected chi connectivity index (χ0v) is 22.6. The molecule has 6 rings (SSSR count).